The van der Waals surface area contributed by atoms with Gasteiger partial charge in [0.1, 0.15) is 17.7 Å². The van der Waals surface area contributed by atoms with Crippen LogP contribution in [-0.2, 0) is 38.5 Å². The molecule has 1 heterocycles. The Hall–Kier alpha value is -3.88. The number of carbonyl (C=O) groups excluding carboxylic acids is 3. The third-order valence-electron chi connectivity index (χ3n) is 7.69. The number of aliphatic carboxylic acids is 1. The zero-order valence-electron chi connectivity index (χ0n) is 24.2. The Balaban J connectivity index is 1.58. The summed E-state index contributed by atoms with van der Waals surface area (Å²) in [7, 11) is 0. The quantitative estimate of drug-likeness (QED) is 0.494. The fourth-order valence-electron chi connectivity index (χ4n) is 5.67. The van der Waals surface area contributed by atoms with Gasteiger partial charge < -0.3 is 20.1 Å². The summed E-state index contributed by atoms with van der Waals surface area (Å²) < 4.78 is 5.69. The molecule has 220 valence electrons. The number of fused-ring (bicyclic) bond motifs is 1. The second-order valence-electron chi connectivity index (χ2n) is 12.0. The van der Waals surface area contributed by atoms with E-state index in [9.17, 15) is 24.3 Å². The molecule has 2 aromatic rings. The van der Waals surface area contributed by atoms with Crippen LogP contribution in [0.1, 0.15) is 69.6 Å². The van der Waals surface area contributed by atoms with Gasteiger partial charge in [-0.25, -0.2) is 9.59 Å². The fraction of sp³-hybridized carbons (Fsp3) is 0.500. The van der Waals surface area contributed by atoms with Crippen LogP contribution in [0.3, 0.4) is 0 Å². The maximum absolute atomic E-state index is 14.3. The molecule has 0 saturated heterocycles. The van der Waals surface area contributed by atoms with Crippen molar-refractivity contribution in [3.8, 4) is 0 Å². The van der Waals surface area contributed by atoms with Gasteiger partial charge in [0, 0.05) is 18.9 Å². The van der Waals surface area contributed by atoms with Gasteiger partial charge in [0.15, 0.2) is 0 Å². The largest absolute Gasteiger partial charge is 0.480 e. The van der Waals surface area contributed by atoms with E-state index < -0.39 is 35.7 Å². The molecular formula is C32H41N3O6. The average Bonchev–Trinajstić information content (AvgIpc) is 2.94. The van der Waals surface area contributed by atoms with Crippen LogP contribution in [0.5, 0.6) is 0 Å². The number of rotatable bonds is 8. The number of carbonyl (C=O) groups is 4. The summed E-state index contributed by atoms with van der Waals surface area (Å²) in [5, 5.41) is 12.4. The van der Waals surface area contributed by atoms with E-state index >= 15 is 0 Å². The molecule has 1 saturated carbocycles. The summed E-state index contributed by atoms with van der Waals surface area (Å²) in [6.07, 6.45) is 4.30. The van der Waals surface area contributed by atoms with Crippen LogP contribution in [0.25, 0.3) is 0 Å². The molecule has 2 aliphatic rings. The lowest BCUT2D eigenvalue weighted by Gasteiger charge is -2.41. The number of nitrogens with zero attached hydrogens (tertiary/aromatic N) is 2. The summed E-state index contributed by atoms with van der Waals surface area (Å²) in [4.78, 5) is 56.0. The van der Waals surface area contributed by atoms with Gasteiger partial charge in [0.2, 0.25) is 11.8 Å². The molecule has 2 aromatic carbocycles. The summed E-state index contributed by atoms with van der Waals surface area (Å²) in [5.74, 6) is -1.99. The zero-order valence-corrected chi connectivity index (χ0v) is 24.2. The Kier molecular flexibility index (Phi) is 9.68. The Bertz CT molecular complexity index is 1240. The summed E-state index contributed by atoms with van der Waals surface area (Å²) in [6, 6.07) is 14.7. The highest BCUT2D eigenvalue weighted by atomic mass is 16.6. The number of carboxylic acid groups (broad SMARTS) is 1. The summed E-state index contributed by atoms with van der Waals surface area (Å²) >= 11 is 0. The van der Waals surface area contributed by atoms with Crippen LogP contribution < -0.4 is 5.32 Å². The number of benzene rings is 2. The highest BCUT2D eigenvalue weighted by Gasteiger charge is 2.41. The molecule has 9 heteroatoms. The molecule has 0 radical (unpaired) electrons. The molecule has 0 spiro atoms. The van der Waals surface area contributed by atoms with Gasteiger partial charge >= 0.3 is 12.1 Å². The number of carboxylic acids is 1. The normalized spacial score (nSPS) is 18.1. The molecular weight excluding hydrogens is 522 g/mol. The number of hydrogen-bond donors (Lipinski definition) is 2. The minimum Gasteiger partial charge on any atom is -0.480 e. The number of hydrogen-bond acceptors (Lipinski definition) is 5. The maximum atomic E-state index is 14.3. The Morgan fingerprint density at radius 1 is 0.976 bits per heavy atom. The fourth-order valence-corrected chi connectivity index (χ4v) is 5.67. The molecule has 0 bridgehead atoms. The van der Waals surface area contributed by atoms with Crippen molar-refractivity contribution < 1.29 is 29.0 Å². The van der Waals surface area contributed by atoms with Crippen molar-refractivity contribution in [3.63, 3.8) is 0 Å². The van der Waals surface area contributed by atoms with Crippen molar-refractivity contribution in [2.24, 2.45) is 0 Å². The van der Waals surface area contributed by atoms with Gasteiger partial charge in [0.25, 0.3) is 0 Å². The number of nitrogens with one attached hydrogen (secondary N) is 1. The number of amides is 3. The first-order chi connectivity index (χ1) is 19.5. The molecule has 0 unspecified atom stereocenters. The summed E-state index contributed by atoms with van der Waals surface area (Å²) in [6.45, 7) is 5.30. The zero-order chi connectivity index (χ0) is 29.6. The molecule has 41 heavy (non-hydrogen) atoms. The van der Waals surface area contributed by atoms with Crippen LogP contribution in [-0.4, -0.2) is 69.1 Å². The first-order valence-electron chi connectivity index (χ1n) is 14.4. The Labute approximate surface area is 241 Å². The predicted octanol–water partition coefficient (Wildman–Crippen LogP) is 4.32. The minimum absolute atomic E-state index is 0.130. The van der Waals surface area contributed by atoms with Crippen LogP contribution in [0.4, 0.5) is 4.79 Å². The van der Waals surface area contributed by atoms with Gasteiger partial charge in [-0.05, 0) is 50.3 Å². The van der Waals surface area contributed by atoms with Crippen LogP contribution in [0, 0.1) is 0 Å². The highest BCUT2D eigenvalue weighted by molar-refractivity contribution is 5.91. The third-order valence-corrected chi connectivity index (χ3v) is 7.69. The van der Waals surface area contributed by atoms with E-state index in [1.807, 2.05) is 54.6 Å². The summed E-state index contributed by atoms with van der Waals surface area (Å²) in [5.41, 5.74) is 1.98. The molecule has 3 amide bonds. The molecule has 9 nitrogen and oxygen atoms in total. The Morgan fingerprint density at radius 3 is 2.24 bits per heavy atom. The second-order valence-corrected chi connectivity index (χ2v) is 12.0. The second kappa shape index (κ2) is 13.2. The minimum atomic E-state index is -1.14. The van der Waals surface area contributed by atoms with Gasteiger partial charge in [-0.2, -0.15) is 0 Å². The van der Waals surface area contributed by atoms with E-state index in [-0.39, 0.29) is 31.5 Å². The van der Waals surface area contributed by atoms with E-state index in [0.29, 0.717) is 6.42 Å². The average molecular weight is 564 g/mol. The van der Waals surface area contributed by atoms with E-state index in [1.165, 1.54) is 4.90 Å². The highest BCUT2D eigenvalue weighted by Crippen LogP contribution is 2.29. The van der Waals surface area contributed by atoms with Crippen molar-refractivity contribution in [1.82, 2.24) is 15.1 Å². The van der Waals surface area contributed by atoms with Crippen molar-refractivity contribution in [2.75, 3.05) is 6.54 Å². The molecule has 4 rings (SSSR count). The predicted molar refractivity (Wildman–Crippen MR) is 154 cm³/mol. The van der Waals surface area contributed by atoms with Crippen molar-refractivity contribution >= 4 is 23.9 Å². The van der Waals surface area contributed by atoms with Crippen LogP contribution in [0.15, 0.2) is 54.6 Å². The molecule has 1 aliphatic heterocycles. The van der Waals surface area contributed by atoms with Gasteiger partial charge in [-0.1, -0.05) is 73.9 Å². The van der Waals surface area contributed by atoms with Gasteiger partial charge in [0.05, 0.1) is 13.1 Å². The molecule has 1 aliphatic carbocycles. The van der Waals surface area contributed by atoms with Crippen LogP contribution in [0.2, 0.25) is 0 Å². The van der Waals surface area contributed by atoms with Gasteiger partial charge in [-0.3, -0.25) is 14.5 Å². The van der Waals surface area contributed by atoms with Gasteiger partial charge in [-0.15, -0.1) is 0 Å². The lowest BCUT2D eigenvalue weighted by molar-refractivity contribution is -0.145. The molecule has 1 fully saturated rings. The molecule has 2 atom stereocenters. The van der Waals surface area contributed by atoms with E-state index in [0.717, 1.165) is 48.8 Å². The molecule has 2 N–H and O–H groups in total. The smallest absolute Gasteiger partial charge is 0.411 e. The lowest BCUT2D eigenvalue weighted by atomic mass is 9.90. The topological polar surface area (TPSA) is 116 Å². The van der Waals surface area contributed by atoms with E-state index in [1.54, 1.807) is 25.7 Å². The molecule has 0 aromatic heterocycles. The lowest BCUT2D eigenvalue weighted by Crippen LogP contribution is -2.58. The van der Waals surface area contributed by atoms with Crippen molar-refractivity contribution in [2.45, 2.75) is 96.0 Å². The third kappa shape index (κ3) is 8.08. The SMILES string of the molecule is CC(C)(C)OC(=O)N1Cc2ccccc2C[C@@H]1C(=O)N(CC(=O)N[C@@H](Cc1ccccc1)C(=O)O)C1CCCCC1. The first kappa shape index (κ1) is 30.1. The van der Waals surface area contributed by atoms with E-state index in [4.69, 9.17) is 4.74 Å². The maximum Gasteiger partial charge on any atom is 0.411 e. The standard InChI is InChI=1S/C32H41N3O6/c1-32(2,3)41-31(40)35-20-24-15-11-10-14-23(24)19-27(35)29(37)34(25-16-8-5-9-17-25)21-28(36)33-26(30(38)39)18-22-12-6-4-7-13-22/h4,6-7,10-15,25-27H,5,8-9,16-21H2,1-3H3,(H,33,36)(H,38,39)/t26-,27+/m0/s1. The van der Waals surface area contributed by atoms with Crippen molar-refractivity contribution in [3.05, 3.63) is 71.3 Å². The van der Waals surface area contributed by atoms with Crippen molar-refractivity contribution in [1.29, 1.82) is 0 Å². The Morgan fingerprint density at radius 2 is 1.61 bits per heavy atom. The first-order valence-corrected chi connectivity index (χ1v) is 14.4. The monoisotopic (exact) mass is 563 g/mol. The van der Waals surface area contributed by atoms with E-state index in [2.05, 4.69) is 5.32 Å². The van der Waals surface area contributed by atoms with Crippen LogP contribution >= 0.6 is 0 Å². The number of ether oxygens (including phenoxy) is 1.